The van der Waals surface area contributed by atoms with Gasteiger partial charge in [0.05, 0.1) is 25.4 Å². The minimum absolute atomic E-state index is 0.0194. The third-order valence-electron chi connectivity index (χ3n) is 2.79. The summed E-state index contributed by atoms with van der Waals surface area (Å²) in [7, 11) is 0. The Labute approximate surface area is 92.0 Å². The summed E-state index contributed by atoms with van der Waals surface area (Å²) >= 11 is 0. The van der Waals surface area contributed by atoms with E-state index in [9.17, 15) is 4.79 Å². The van der Waals surface area contributed by atoms with E-state index >= 15 is 0 Å². The van der Waals surface area contributed by atoms with E-state index in [2.05, 4.69) is 19.2 Å². The predicted octanol–water partition coefficient (Wildman–Crippen LogP) is 0.825. The molecule has 1 aliphatic heterocycles. The van der Waals surface area contributed by atoms with Crippen LogP contribution in [0.15, 0.2) is 0 Å². The first-order chi connectivity index (χ1) is 7.07. The number of nitrogens with one attached hydrogen (secondary N) is 1. The van der Waals surface area contributed by atoms with E-state index in [-0.39, 0.29) is 18.0 Å². The molecule has 1 fully saturated rings. The minimum Gasteiger partial charge on any atom is -0.380 e. The molecule has 1 saturated heterocycles. The average molecular weight is 214 g/mol. The Morgan fingerprint density at radius 1 is 1.53 bits per heavy atom. The van der Waals surface area contributed by atoms with Gasteiger partial charge in [0, 0.05) is 6.61 Å². The van der Waals surface area contributed by atoms with E-state index < -0.39 is 0 Å². The van der Waals surface area contributed by atoms with Crippen LogP contribution in [0.25, 0.3) is 0 Å². The molecule has 0 bridgehead atoms. The van der Waals surface area contributed by atoms with Crippen LogP contribution in [0.1, 0.15) is 27.7 Å². The van der Waals surface area contributed by atoms with Crippen molar-refractivity contribution in [1.82, 2.24) is 10.2 Å². The van der Waals surface area contributed by atoms with Gasteiger partial charge in [0.1, 0.15) is 0 Å². The number of nitrogens with zero attached hydrogens (tertiary/aromatic N) is 1. The molecule has 4 heteroatoms. The van der Waals surface area contributed by atoms with Crippen molar-refractivity contribution < 1.29 is 9.53 Å². The molecule has 1 aliphatic rings. The monoisotopic (exact) mass is 214 g/mol. The lowest BCUT2D eigenvalue weighted by Gasteiger charge is -2.23. The Morgan fingerprint density at radius 2 is 2.20 bits per heavy atom. The number of ether oxygens (including phenoxy) is 1. The van der Waals surface area contributed by atoms with E-state index in [4.69, 9.17) is 4.74 Å². The fraction of sp³-hybridized carbons (Fsp3) is 0.909. The summed E-state index contributed by atoms with van der Waals surface area (Å²) in [5.74, 6) is 0.555. The van der Waals surface area contributed by atoms with Crippen LogP contribution in [0.4, 0.5) is 0 Å². The topological polar surface area (TPSA) is 41.6 Å². The third kappa shape index (κ3) is 2.92. The van der Waals surface area contributed by atoms with Gasteiger partial charge in [0.2, 0.25) is 5.91 Å². The zero-order chi connectivity index (χ0) is 11.4. The van der Waals surface area contributed by atoms with Crippen molar-refractivity contribution in [2.75, 3.05) is 19.9 Å². The van der Waals surface area contributed by atoms with Crippen molar-refractivity contribution >= 4 is 5.91 Å². The van der Waals surface area contributed by atoms with E-state index in [0.29, 0.717) is 25.8 Å². The average Bonchev–Trinajstić information content (AvgIpc) is 2.56. The molecule has 0 aromatic rings. The largest absolute Gasteiger partial charge is 0.380 e. The second kappa shape index (κ2) is 5.47. The highest BCUT2D eigenvalue weighted by Crippen LogP contribution is 2.14. The first kappa shape index (κ1) is 12.5. The van der Waals surface area contributed by atoms with Gasteiger partial charge in [0.25, 0.3) is 0 Å². The minimum atomic E-state index is -0.0194. The molecule has 0 spiro atoms. The lowest BCUT2D eigenvalue weighted by atomic mass is 10.0. The number of hydrogen-bond donors (Lipinski definition) is 1. The molecule has 88 valence electrons. The highest BCUT2D eigenvalue weighted by Gasteiger charge is 2.35. The molecule has 2 atom stereocenters. The predicted molar refractivity (Wildman–Crippen MR) is 59.4 cm³/mol. The number of rotatable bonds is 5. The zero-order valence-electron chi connectivity index (χ0n) is 10.1. The summed E-state index contributed by atoms with van der Waals surface area (Å²) in [6.07, 6.45) is 0. The molecular formula is C11H22N2O2. The summed E-state index contributed by atoms with van der Waals surface area (Å²) in [5.41, 5.74) is 0. The fourth-order valence-corrected chi connectivity index (χ4v) is 1.81. The standard InChI is InChI=1S/C11H22N2O2/c1-5-15-6-9(4)13-7-12-10(8(2)3)11(13)14/h8-10,12H,5-7H2,1-4H3. The van der Waals surface area contributed by atoms with Gasteiger partial charge < -0.3 is 9.64 Å². The van der Waals surface area contributed by atoms with Crippen LogP contribution in [0.5, 0.6) is 0 Å². The Hall–Kier alpha value is -0.610. The lowest BCUT2D eigenvalue weighted by molar-refractivity contribution is -0.132. The van der Waals surface area contributed by atoms with E-state index in [0.717, 1.165) is 0 Å². The summed E-state index contributed by atoms with van der Waals surface area (Å²) in [4.78, 5) is 13.8. The molecule has 0 radical (unpaired) electrons. The molecular weight excluding hydrogens is 192 g/mol. The Bertz CT molecular complexity index is 219. The van der Waals surface area contributed by atoms with Crippen molar-refractivity contribution in [3.63, 3.8) is 0 Å². The van der Waals surface area contributed by atoms with Crippen LogP contribution in [0.2, 0.25) is 0 Å². The van der Waals surface area contributed by atoms with Crippen LogP contribution in [0.3, 0.4) is 0 Å². The Morgan fingerprint density at radius 3 is 2.67 bits per heavy atom. The van der Waals surface area contributed by atoms with Crippen LogP contribution in [-0.2, 0) is 9.53 Å². The van der Waals surface area contributed by atoms with Crippen LogP contribution in [0, 0.1) is 5.92 Å². The molecule has 1 amide bonds. The van der Waals surface area contributed by atoms with E-state index in [1.165, 1.54) is 0 Å². The maximum Gasteiger partial charge on any atom is 0.241 e. The van der Waals surface area contributed by atoms with Gasteiger partial charge in [-0.15, -0.1) is 0 Å². The van der Waals surface area contributed by atoms with Gasteiger partial charge in [-0.05, 0) is 19.8 Å². The maximum atomic E-state index is 12.0. The Balaban J connectivity index is 2.48. The van der Waals surface area contributed by atoms with Crippen LogP contribution < -0.4 is 5.32 Å². The SMILES string of the molecule is CCOCC(C)N1CNC(C(C)C)C1=O. The number of carbonyl (C=O) groups excluding carboxylic acids is 1. The quantitative estimate of drug-likeness (QED) is 0.737. The number of carbonyl (C=O) groups is 1. The second-order valence-corrected chi connectivity index (χ2v) is 4.40. The van der Waals surface area contributed by atoms with Crippen LogP contribution in [-0.4, -0.2) is 42.8 Å². The van der Waals surface area contributed by atoms with Crippen LogP contribution >= 0.6 is 0 Å². The number of hydrogen-bond acceptors (Lipinski definition) is 3. The molecule has 1 heterocycles. The fourth-order valence-electron chi connectivity index (χ4n) is 1.81. The lowest BCUT2D eigenvalue weighted by Crippen LogP contribution is -2.40. The van der Waals surface area contributed by atoms with Gasteiger partial charge in [-0.3, -0.25) is 10.1 Å². The van der Waals surface area contributed by atoms with E-state index in [1.54, 1.807) is 0 Å². The zero-order valence-corrected chi connectivity index (χ0v) is 10.1. The van der Waals surface area contributed by atoms with Gasteiger partial charge in [-0.1, -0.05) is 13.8 Å². The molecule has 1 rings (SSSR count). The van der Waals surface area contributed by atoms with Crippen molar-refractivity contribution in [3.8, 4) is 0 Å². The molecule has 2 unspecified atom stereocenters. The highest BCUT2D eigenvalue weighted by molar-refractivity contribution is 5.84. The van der Waals surface area contributed by atoms with Crippen molar-refractivity contribution in [1.29, 1.82) is 0 Å². The first-order valence-electron chi connectivity index (χ1n) is 5.69. The van der Waals surface area contributed by atoms with E-state index in [1.807, 2.05) is 18.7 Å². The van der Waals surface area contributed by atoms with Crippen molar-refractivity contribution in [3.05, 3.63) is 0 Å². The molecule has 0 aliphatic carbocycles. The molecule has 4 nitrogen and oxygen atoms in total. The molecule has 0 aromatic carbocycles. The summed E-state index contributed by atoms with van der Waals surface area (Å²) < 4.78 is 5.33. The maximum absolute atomic E-state index is 12.0. The van der Waals surface area contributed by atoms with Gasteiger partial charge >= 0.3 is 0 Å². The molecule has 0 saturated carbocycles. The van der Waals surface area contributed by atoms with Crippen molar-refractivity contribution in [2.24, 2.45) is 5.92 Å². The smallest absolute Gasteiger partial charge is 0.241 e. The second-order valence-electron chi connectivity index (χ2n) is 4.40. The first-order valence-corrected chi connectivity index (χ1v) is 5.69. The number of amides is 1. The molecule has 1 N–H and O–H groups in total. The third-order valence-corrected chi connectivity index (χ3v) is 2.79. The van der Waals surface area contributed by atoms with Gasteiger partial charge in [-0.25, -0.2) is 0 Å². The summed E-state index contributed by atoms with van der Waals surface area (Å²) in [5, 5.41) is 3.23. The normalized spacial score (nSPS) is 23.9. The molecule has 0 aromatic heterocycles. The summed E-state index contributed by atoms with van der Waals surface area (Å²) in [6.45, 7) is 10.1. The summed E-state index contributed by atoms with van der Waals surface area (Å²) in [6, 6.07) is 0.141. The van der Waals surface area contributed by atoms with Gasteiger partial charge in [0.15, 0.2) is 0 Å². The Kier molecular flexibility index (Phi) is 4.54. The molecule has 15 heavy (non-hydrogen) atoms. The van der Waals surface area contributed by atoms with Gasteiger partial charge in [-0.2, -0.15) is 0 Å². The van der Waals surface area contributed by atoms with Crippen molar-refractivity contribution in [2.45, 2.75) is 39.8 Å². The highest BCUT2D eigenvalue weighted by atomic mass is 16.5.